The molecular formula is C9H7BrF2O3. The van der Waals surface area contributed by atoms with Gasteiger partial charge in [0.05, 0.1) is 5.56 Å². The lowest BCUT2D eigenvalue weighted by Gasteiger charge is -2.06. The van der Waals surface area contributed by atoms with Crippen LogP contribution in [-0.2, 0) is 0 Å². The Kier molecular flexibility index (Phi) is 4.02. The Morgan fingerprint density at radius 3 is 2.73 bits per heavy atom. The second-order valence-electron chi connectivity index (χ2n) is 2.65. The molecule has 0 saturated carbocycles. The number of aromatic carboxylic acids is 1. The predicted molar refractivity (Wildman–Crippen MR) is 52.6 cm³/mol. The zero-order chi connectivity index (χ0) is 11.4. The minimum Gasteiger partial charge on any atom is -0.488 e. The molecule has 0 bridgehead atoms. The summed E-state index contributed by atoms with van der Waals surface area (Å²) in [4.78, 5) is 10.7. The highest BCUT2D eigenvalue weighted by atomic mass is 79.9. The first-order chi connectivity index (χ1) is 7.00. The van der Waals surface area contributed by atoms with E-state index in [1.54, 1.807) is 0 Å². The summed E-state index contributed by atoms with van der Waals surface area (Å²) in [5, 5.41) is 8.73. The number of hydrogen-bond donors (Lipinski definition) is 1. The second kappa shape index (κ2) is 5.06. The van der Waals surface area contributed by atoms with Crippen LogP contribution in [0.2, 0.25) is 0 Å². The lowest BCUT2D eigenvalue weighted by atomic mass is 10.2. The first-order valence-corrected chi connectivity index (χ1v) is 4.74. The highest BCUT2D eigenvalue weighted by Gasteiger charge is 2.10. The van der Waals surface area contributed by atoms with Gasteiger partial charge in [-0.1, -0.05) is 0 Å². The molecule has 0 atom stereocenters. The monoisotopic (exact) mass is 280 g/mol. The summed E-state index contributed by atoms with van der Waals surface area (Å²) in [6, 6.07) is 4.04. The topological polar surface area (TPSA) is 46.5 Å². The molecule has 1 N–H and O–H groups in total. The van der Waals surface area contributed by atoms with Crippen LogP contribution in [0.3, 0.4) is 0 Å². The average molecular weight is 281 g/mol. The van der Waals surface area contributed by atoms with Crippen molar-refractivity contribution >= 4 is 21.9 Å². The van der Waals surface area contributed by atoms with E-state index in [4.69, 9.17) is 5.11 Å². The van der Waals surface area contributed by atoms with Gasteiger partial charge in [-0.25, -0.2) is 13.6 Å². The van der Waals surface area contributed by atoms with Crippen LogP contribution in [0.4, 0.5) is 8.78 Å². The fraction of sp³-hybridized carbons (Fsp3) is 0.222. The van der Waals surface area contributed by atoms with E-state index in [-0.39, 0.29) is 11.3 Å². The molecule has 0 saturated heterocycles. The van der Waals surface area contributed by atoms with Crippen LogP contribution in [-0.4, -0.2) is 24.1 Å². The zero-order valence-electron chi connectivity index (χ0n) is 7.41. The Balaban J connectivity index is 2.83. The van der Waals surface area contributed by atoms with Crippen LogP contribution >= 0.6 is 15.9 Å². The van der Waals surface area contributed by atoms with Crippen molar-refractivity contribution in [1.82, 2.24) is 0 Å². The van der Waals surface area contributed by atoms with Gasteiger partial charge in [0.15, 0.2) is 0 Å². The number of rotatable bonds is 4. The third-order valence-corrected chi connectivity index (χ3v) is 2.24. The van der Waals surface area contributed by atoms with Crippen LogP contribution in [0.1, 0.15) is 10.4 Å². The number of ether oxygens (including phenoxy) is 1. The molecule has 0 unspecified atom stereocenters. The van der Waals surface area contributed by atoms with Gasteiger partial charge in [0.1, 0.15) is 12.4 Å². The van der Waals surface area contributed by atoms with E-state index in [0.717, 1.165) is 0 Å². The van der Waals surface area contributed by atoms with Crippen molar-refractivity contribution in [3.8, 4) is 5.75 Å². The van der Waals surface area contributed by atoms with Gasteiger partial charge in [0.2, 0.25) is 0 Å². The van der Waals surface area contributed by atoms with Gasteiger partial charge < -0.3 is 9.84 Å². The van der Waals surface area contributed by atoms with Gasteiger partial charge in [0, 0.05) is 4.47 Å². The maximum Gasteiger partial charge on any atom is 0.336 e. The van der Waals surface area contributed by atoms with Gasteiger partial charge in [0.25, 0.3) is 6.43 Å². The highest BCUT2D eigenvalue weighted by molar-refractivity contribution is 9.10. The van der Waals surface area contributed by atoms with E-state index in [2.05, 4.69) is 20.7 Å². The molecule has 0 aliphatic heterocycles. The molecule has 6 heteroatoms. The van der Waals surface area contributed by atoms with Crippen molar-refractivity contribution in [2.24, 2.45) is 0 Å². The molecule has 1 rings (SSSR count). The maximum atomic E-state index is 11.8. The predicted octanol–water partition coefficient (Wildman–Crippen LogP) is 2.79. The summed E-state index contributed by atoms with van der Waals surface area (Å²) in [6.07, 6.45) is -2.58. The van der Waals surface area contributed by atoms with Crippen molar-refractivity contribution in [2.75, 3.05) is 6.61 Å². The van der Waals surface area contributed by atoms with E-state index in [0.29, 0.717) is 4.47 Å². The third-order valence-electron chi connectivity index (χ3n) is 1.54. The molecule has 0 amide bonds. The van der Waals surface area contributed by atoms with Gasteiger partial charge in [-0.15, -0.1) is 0 Å². The fourth-order valence-corrected chi connectivity index (χ4v) is 1.33. The number of hydrogen-bond acceptors (Lipinski definition) is 2. The normalized spacial score (nSPS) is 10.4. The third kappa shape index (κ3) is 3.47. The molecule has 0 aliphatic carbocycles. The van der Waals surface area contributed by atoms with Crippen molar-refractivity contribution in [1.29, 1.82) is 0 Å². The number of halogens is 3. The lowest BCUT2D eigenvalue weighted by molar-refractivity contribution is 0.0694. The van der Waals surface area contributed by atoms with Crippen LogP contribution in [0, 0.1) is 0 Å². The molecule has 1 aromatic carbocycles. The van der Waals surface area contributed by atoms with Crippen molar-refractivity contribution in [3.05, 3.63) is 28.2 Å². The lowest BCUT2D eigenvalue weighted by Crippen LogP contribution is -2.07. The fourth-order valence-electron chi connectivity index (χ4n) is 0.917. The number of carboxylic acid groups (broad SMARTS) is 1. The Bertz CT molecular complexity index is 368. The first kappa shape index (κ1) is 11.9. The first-order valence-electron chi connectivity index (χ1n) is 3.94. The molecule has 1 aromatic rings. The minimum atomic E-state index is -2.58. The van der Waals surface area contributed by atoms with E-state index in [1.165, 1.54) is 18.2 Å². The van der Waals surface area contributed by atoms with E-state index >= 15 is 0 Å². The maximum absolute atomic E-state index is 11.8. The van der Waals surface area contributed by atoms with Crippen molar-refractivity contribution in [2.45, 2.75) is 6.43 Å². The summed E-state index contributed by atoms with van der Waals surface area (Å²) < 4.78 is 28.7. The van der Waals surface area contributed by atoms with E-state index in [9.17, 15) is 13.6 Å². The van der Waals surface area contributed by atoms with Gasteiger partial charge in [-0.05, 0) is 34.1 Å². The zero-order valence-corrected chi connectivity index (χ0v) is 9.00. The highest BCUT2D eigenvalue weighted by Crippen LogP contribution is 2.22. The molecule has 0 heterocycles. The SMILES string of the molecule is O=C(O)c1cc(OCC(F)F)ccc1Br. The van der Waals surface area contributed by atoms with Crippen LogP contribution in [0.5, 0.6) is 5.75 Å². The number of benzene rings is 1. The second-order valence-corrected chi connectivity index (χ2v) is 3.50. The number of carbonyl (C=O) groups is 1. The van der Waals surface area contributed by atoms with Gasteiger partial charge in [-0.3, -0.25) is 0 Å². The summed E-state index contributed by atoms with van der Waals surface area (Å²) in [6.45, 7) is -0.749. The van der Waals surface area contributed by atoms with Crippen molar-refractivity contribution < 1.29 is 23.4 Å². The summed E-state index contributed by atoms with van der Waals surface area (Å²) in [5.41, 5.74) is -0.0261. The summed E-state index contributed by atoms with van der Waals surface area (Å²) >= 11 is 3.03. The minimum absolute atomic E-state index is 0.0261. The smallest absolute Gasteiger partial charge is 0.336 e. The molecule has 0 aliphatic rings. The standard InChI is InChI=1S/C9H7BrF2O3/c10-7-2-1-5(15-4-8(11)12)3-6(7)9(13)14/h1-3,8H,4H2,(H,13,14). The molecule has 15 heavy (non-hydrogen) atoms. The quantitative estimate of drug-likeness (QED) is 0.923. The van der Waals surface area contributed by atoms with Crippen LogP contribution < -0.4 is 4.74 Å². The molecule has 3 nitrogen and oxygen atoms in total. The summed E-state index contributed by atoms with van der Waals surface area (Å²) in [5.74, 6) is -1.04. The van der Waals surface area contributed by atoms with E-state index in [1.807, 2.05) is 0 Å². The van der Waals surface area contributed by atoms with Gasteiger partial charge >= 0.3 is 5.97 Å². The van der Waals surface area contributed by atoms with Crippen molar-refractivity contribution in [3.63, 3.8) is 0 Å². The van der Waals surface area contributed by atoms with Gasteiger partial charge in [-0.2, -0.15) is 0 Å². The summed E-state index contributed by atoms with van der Waals surface area (Å²) in [7, 11) is 0. The molecule has 82 valence electrons. The van der Waals surface area contributed by atoms with Crippen LogP contribution in [0.15, 0.2) is 22.7 Å². The number of alkyl halides is 2. The Morgan fingerprint density at radius 2 is 2.20 bits per heavy atom. The average Bonchev–Trinajstić information content (AvgIpc) is 2.16. The Labute approximate surface area is 92.8 Å². The van der Waals surface area contributed by atoms with Crippen LogP contribution in [0.25, 0.3) is 0 Å². The molecule has 0 fully saturated rings. The molecule has 0 aromatic heterocycles. The molecular weight excluding hydrogens is 274 g/mol. The van der Waals surface area contributed by atoms with E-state index < -0.39 is 19.0 Å². The Hall–Kier alpha value is -1.17. The number of carboxylic acids is 1. The molecule has 0 radical (unpaired) electrons. The largest absolute Gasteiger partial charge is 0.488 e. The Morgan fingerprint density at radius 1 is 1.53 bits per heavy atom. The molecule has 0 spiro atoms.